The van der Waals surface area contributed by atoms with E-state index < -0.39 is 5.91 Å². The van der Waals surface area contributed by atoms with Crippen molar-refractivity contribution in [3.63, 3.8) is 0 Å². The Hall–Kier alpha value is -3.52. The lowest BCUT2D eigenvalue weighted by Gasteiger charge is -2.23. The molecule has 0 atom stereocenters. The molecule has 4 aromatic rings. The Kier molecular flexibility index (Phi) is 6.32. The van der Waals surface area contributed by atoms with Gasteiger partial charge in [-0.2, -0.15) is 5.10 Å². The van der Waals surface area contributed by atoms with Crippen LogP contribution in [0.2, 0.25) is 0 Å². The first-order valence-electron chi connectivity index (χ1n) is 10.5. The van der Waals surface area contributed by atoms with Gasteiger partial charge in [0.15, 0.2) is 5.65 Å². The van der Waals surface area contributed by atoms with Crippen LogP contribution >= 0.6 is 11.3 Å². The molecule has 0 radical (unpaired) electrons. The molecule has 0 aliphatic rings. The lowest BCUT2D eigenvalue weighted by atomic mass is 10.1. The standard InChI is InChI=1S/C24H25N5O2S/c1-16(2)29-23-19(14-26-29)18(13-20(27-23)21-9-6-12-32-21)24(31)28(11-10-22(25)30)15-17-7-4-3-5-8-17/h3-9,12-14,16H,10-11,15H2,1-2H3,(H2,25,30). The Morgan fingerprint density at radius 1 is 1.16 bits per heavy atom. The van der Waals surface area contributed by atoms with Crippen LogP contribution in [0.1, 0.15) is 42.2 Å². The van der Waals surface area contributed by atoms with Gasteiger partial charge < -0.3 is 10.6 Å². The Morgan fingerprint density at radius 2 is 1.94 bits per heavy atom. The topological polar surface area (TPSA) is 94.1 Å². The zero-order valence-electron chi connectivity index (χ0n) is 18.1. The summed E-state index contributed by atoms with van der Waals surface area (Å²) < 4.78 is 1.83. The molecule has 0 bridgehead atoms. The third kappa shape index (κ3) is 4.55. The van der Waals surface area contributed by atoms with Crippen molar-refractivity contribution in [1.82, 2.24) is 19.7 Å². The first-order chi connectivity index (χ1) is 15.4. The van der Waals surface area contributed by atoms with Gasteiger partial charge in [0.05, 0.1) is 27.7 Å². The van der Waals surface area contributed by atoms with Crippen LogP contribution in [0.25, 0.3) is 21.6 Å². The van der Waals surface area contributed by atoms with E-state index in [1.54, 1.807) is 22.4 Å². The van der Waals surface area contributed by atoms with Gasteiger partial charge in [-0.15, -0.1) is 11.3 Å². The monoisotopic (exact) mass is 447 g/mol. The number of aromatic nitrogens is 3. The number of nitrogens with zero attached hydrogens (tertiary/aromatic N) is 4. The van der Waals surface area contributed by atoms with Crippen LogP contribution in [0.3, 0.4) is 0 Å². The van der Waals surface area contributed by atoms with Gasteiger partial charge in [-0.25, -0.2) is 9.67 Å². The summed E-state index contributed by atoms with van der Waals surface area (Å²) in [6.07, 6.45) is 1.79. The molecule has 0 saturated heterocycles. The fourth-order valence-corrected chi connectivity index (χ4v) is 4.28. The average molecular weight is 448 g/mol. The number of hydrogen-bond acceptors (Lipinski definition) is 5. The van der Waals surface area contributed by atoms with Crippen molar-refractivity contribution >= 4 is 34.2 Å². The van der Waals surface area contributed by atoms with E-state index in [-0.39, 0.29) is 24.9 Å². The van der Waals surface area contributed by atoms with Crippen LogP contribution in [-0.2, 0) is 11.3 Å². The predicted octanol–water partition coefficient (Wildman–Crippen LogP) is 4.26. The fourth-order valence-electron chi connectivity index (χ4n) is 3.60. The molecule has 2 N–H and O–H groups in total. The first kappa shape index (κ1) is 21.7. The Morgan fingerprint density at radius 3 is 2.59 bits per heavy atom. The van der Waals surface area contributed by atoms with Crippen molar-refractivity contribution in [2.24, 2.45) is 5.73 Å². The molecule has 164 valence electrons. The molecule has 0 aliphatic heterocycles. The molecular weight excluding hydrogens is 422 g/mol. The second-order valence-corrected chi connectivity index (χ2v) is 8.83. The number of fused-ring (bicyclic) bond motifs is 1. The van der Waals surface area contributed by atoms with Crippen LogP contribution in [0.15, 0.2) is 60.1 Å². The number of rotatable bonds is 8. The number of carbonyl (C=O) groups excluding carboxylic acids is 2. The van der Waals surface area contributed by atoms with Crippen LogP contribution in [0.5, 0.6) is 0 Å². The van der Waals surface area contributed by atoms with Crippen molar-refractivity contribution in [3.8, 4) is 10.6 Å². The molecule has 0 aliphatic carbocycles. The molecule has 32 heavy (non-hydrogen) atoms. The first-order valence-corrected chi connectivity index (χ1v) is 11.4. The fraction of sp³-hybridized carbons (Fsp3) is 0.250. The zero-order valence-corrected chi connectivity index (χ0v) is 18.9. The van der Waals surface area contributed by atoms with Gasteiger partial charge in [-0.3, -0.25) is 9.59 Å². The maximum absolute atomic E-state index is 13.8. The highest BCUT2D eigenvalue weighted by Gasteiger charge is 2.23. The molecule has 3 heterocycles. The number of primary amides is 1. The molecule has 7 nitrogen and oxygen atoms in total. The Bertz CT molecular complexity index is 1230. The second-order valence-electron chi connectivity index (χ2n) is 7.88. The number of thiophene rings is 1. The van der Waals surface area contributed by atoms with Crippen molar-refractivity contribution in [2.75, 3.05) is 6.54 Å². The number of benzene rings is 1. The van der Waals surface area contributed by atoms with Crippen molar-refractivity contribution in [2.45, 2.75) is 32.9 Å². The summed E-state index contributed by atoms with van der Waals surface area (Å²) in [5.41, 5.74) is 8.29. The summed E-state index contributed by atoms with van der Waals surface area (Å²) in [6, 6.07) is 15.6. The summed E-state index contributed by atoms with van der Waals surface area (Å²) in [4.78, 5) is 32.7. The van der Waals surface area contributed by atoms with E-state index in [9.17, 15) is 9.59 Å². The highest BCUT2D eigenvalue weighted by atomic mass is 32.1. The smallest absolute Gasteiger partial charge is 0.255 e. The highest BCUT2D eigenvalue weighted by Crippen LogP contribution is 2.30. The molecule has 2 amide bonds. The molecular formula is C24H25N5O2S. The maximum atomic E-state index is 13.8. The van der Waals surface area contributed by atoms with Gasteiger partial charge in [0.1, 0.15) is 0 Å². The normalized spacial score (nSPS) is 11.2. The van der Waals surface area contributed by atoms with E-state index in [0.717, 1.165) is 16.1 Å². The summed E-state index contributed by atoms with van der Waals surface area (Å²) >= 11 is 1.57. The van der Waals surface area contributed by atoms with E-state index in [2.05, 4.69) is 5.10 Å². The average Bonchev–Trinajstić information content (AvgIpc) is 3.46. The van der Waals surface area contributed by atoms with Gasteiger partial charge in [-0.1, -0.05) is 36.4 Å². The third-order valence-electron chi connectivity index (χ3n) is 5.19. The predicted molar refractivity (Wildman–Crippen MR) is 126 cm³/mol. The molecule has 3 aromatic heterocycles. The Labute approximate surface area is 190 Å². The van der Waals surface area contributed by atoms with Crippen LogP contribution < -0.4 is 5.73 Å². The lowest BCUT2D eigenvalue weighted by Crippen LogP contribution is -2.33. The van der Waals surface area contributed by atoms with E-state index in [1.165, 1.54) is 0 Å². The number of amides is 2. The highest BCUT2D eigenvalue weighted by molar-refractivity contribution is 7.13. The maximum Gasteiger partial charge on any atom is 0.255 e. The molecule has 8 heteroatoms. The van der Waals surface area contributed by atoms with Gasteiger partial charge in [-0.05, 0) is 36.9 Å². The van der Waals surface area contributed by atoms with Crippen molar-refractivity contribution in [3.05, 3.63) is 71.2 Å². The summed E-state index contributed by atoms with van der Waals surface area (Å²) in [6.45, 7) is 4.67. The third-order valence-corrected chi connectivity index (χ3v) is 6.08. The van der Waals surface area contributed by atoms with Crippen molar-refractivity contribution < 1.29 is 9.59 Å². The molecule has 4 rings (SSSR count). The van der Waals surface area contributed by atoms with E-state index >= 15 is 0 Å². The molecule has 0 saturated carbocycles. The van der Waals surface area contributed by atoms with Gasteiger partial charge >= 0.3 is 0 Å². The number of carbonyl (C=O) groups is 2. The molecule has 0 fully saturated rings. The Balaban J connectivity index is 1.81. The summed E-state index contributed by atoms with van der Waals surface area (Å²) in [5.74, 6) is -0.619. The SMILES string of the molecule is CC(C)n1ncc2c(C(=O)N(CCC(N)=O)Cc3ccccc3)cc(-c3cccs3)nc21. The minimum atomic E-state index is -0.442. The second kappa shape index (κ2) is 9.32. The van der Waals surface area contributed by atoms with Crippen LogP contribution in [0.4, 0.5) is 0 Å². The van der Waals surface area contributed by atoms with Crippen LogP contribution in [0, 0.1) is 0 Å². The number of pyridine rings is 1. The number of nitrogens with two attached hydrogens (primary N) is 1. The van der Waals surface area contributed by atoms with Crippen molar-refractivity contribution in [1.29, 1.82) is 0 Å². The molecule has 0 unspecified atom stereocenters. The lowest BCUT2D eigenvalue weighted by molar-refractivity contribution is -0.118. The van der Waals surface area contributed by atoms with Gasteiger partial charge in [0, 0.05) is 25.6 Å². The summed E-state index contributed by atoms with van der Waals surface area (Å²) in [7, 11) is 0. The van der Waals surface area contributed by atoms with E-state index in [0.29, 0.717) is 23.1 Å². The minimum Gasteiger partial charge on any atom is -0.370 e. The van der Waals surface area contributed by atoms with E-state index in [4.69, 9.17) is 10.7 Å². The minimum absolute atomic E-state index is 0.0931. The molecule has 1 aromatic carbocycles. The molecule has 0 spiro atoms. The zero-order chi connectivity index (χ0) is 22.7. The van der Waals surface area contributed by atoms with Crippen LogP contribution in [-0.4, -0.2) is 38.0 Å². The van der Waals surface area contributed by atoms with Gasteiger partial charge in [0.2, 0.25) is 5.91 Å². The summed E-state index contributed by atoms with van der Waals surface area (Å²) in [5, 5.41) is 7.17. The van der Waals surface area contributed by atoms with E-state index in [1.807, 2.05) is 72.4 Å². The largest absolute Gasteiger partial charge is 0.370 e. The number of hydrogen-bond donors (Lipinski definition) is 1. The quantitative estimate of drug-likeness (QED) is 0.437. The van der Waals surface area contributed by atoms with Gasteiger partial charge in [0.25, 0.3) is 5.91 Å².